The standard InChI is InChI=1S/C29H50O2.Li/c1-2-3-4-5-6-7-8-9-10-11-12-13-14-15-16-17-18-19-20-21-22-23-24-25-26-27-28-29(30)31;/h2-16,21-28H2,1H3,(H,30,31);/q;+1/p-1. The van der Waals surface area contributed by atoms with Crippen LogP contribution >= 0.6 is 0 Å². The zero-order chi connectivity index (χ0) is 22.7. The molecule has 2 nitrogen and oxygen atoms in total. The molecule has 0 radical (unpaired) electrons. The van der Waals surface area contributed by atoms with Gasteiger partial charge in [-0.1, -0.05) is 128 Å². The Balaban J connectivity index is 0. The van der Waals surface area contributed by atoms with Crippen molar-refractivity contribution in [3.63, 3.8) is 0 Å². The van der Waals surface area contributed by atoms with E-state index < -0.39 is 5.97 Å². The first-order chi connectivity index (χ1) is 15.3. The van der Waals surface area contributed by atoms with Gasteiger partial charge in [0.05, 0.1) is 0 Å². The van der Waals surface area contributed by atoms with Crippen LogP contribution in [0.1, 0.15) is 155 Å². The average Bonchev–Trinajstić information content (AvgIpc) is 2.76. The Labute approximate surface area is 212 Å². The van der Waals surface area contributed by atoms with Gasteiger partial charge in [0.15, 0.2) is 0 Å². The first-order valence-corrected chi connectivity index (χ1v) is 13.4. The predicted molar refractivity (Wildman–Crippen MR) is 132 cm³/mol. The smallest absolute Gasteiger partial charge is 0.550 e. The third kappa shape index (κ3) is 31.4. The predicted octanol–water partition coefficient (Wildman–Crippen LogP) is 4.74. The Hall–Kier alpha value is -0.813. The van der Waals surface area contributed by atoms with Crippen LogP contribution in [0, 0.1) is 23.7 Å². The van der Waals surface area contributed by atoms with E-state index in [0.717, 1.165) is 38.5 Å². The first kappa shape index (κ1) is 33.4. The third-order valence-electron chi connectivity index (χ3n) is 5.83. The van der Waals surface area contributed by atoms with E-state index in [-0.39, 0.29) is 25.3 Å². The Morgan fingerprint density at radius 3 is 1.19 bits per heavy atom. The van der Waals surface area contributed by atoms with Crippen molar-refractivity contribution in [1.82, 2.24) is 0 Å². The minimum absolute atomic E-state index is 0. The van der Waals surface area contributed by atoms with Gasteiger partial charge in [-0.25, -0.2) is 0 Å². The van der Waals surface area contributed by atoms with Gasteiger partial charge in [-0.3, -0.25) is 0 Å². The van der Waals surface area contributed by atoms with Crippen LogP contribution in [-0.4, -0.2) is 5.97 Å². The Bertz CT molecular complexity index is 507. The van der Waals surface area contributed by atoms with Gasteiger partial charge < -0.3 is 9.90 Å². The van der Waals surface area contributed by atoms with Gasteiger partial charge in [0.1, 0.15) is 0 Å². The molecule has 0 bridgehead atoms. The number of hydrogen-bond donors (Lipinski definition) is 0. The Morgan fingerprint density at radius 1 is 0.531 bits per heavy atom. The Kier molecular flexibility index (Phi) is 31.5. The molecule has 0 aromatic carbocycles. The van der Waals surface area contributed by atoms with Gasteiger partial charge in [-0.05, 0) is 37.5 Å². The molecule has 0 rings (SSSR count). The number of carboxylic acids is 1. The van der Waals surface area contributed by atoms with Crippen LogP contribution in [0.25, 0.3) is 0 Å². The van der Waals surface area contributed by atoms with Crippen molar-refractivity contribution in [3.05, 3.63) is 0 Å². The van der Waals surface area contributed by atoms with E-state index in [9.17, 15) is 9.90 Å². The molecule has 0 aromatic rings. The van der Waals surface area contributed by atoms with Gasteiger partial charge in [0, 0.05) is 18.8 Å². The van der Waals surface area contributed by atoms with Crippen LogP contribution in [-0.2, 0) is 4.79 Å². The largest absolute Gasteiger partial charge is 1.00 e. The molecule has 0 saturated heterocycles. The molecule has 0 aromatic heterocycles. The quantitative estimate of drug-likeness (QED) is 0.140. The van der Waals surface area contributed by atoms with Crippen LogP contribution in [0.2, 0.25) is 0 Å². The van der Waals surface area contributed by atoms with Crippen molar-refractivity contribution < 1.29 is 28.8 Å². The molecule has 0 heterocycles. The maximum Gasteiger partial charge on any atom is 1.00 e. The summed E-state index contributed by atoms with van der Waals surface area (Å²) in [6.07, 6.45) is 27.9. The van der Waals surface area contributed by atoms with Crippen LogP contribution in [0.15, 0.2) is 0 Å². The minimum Gasteiger partial charge on any atom is -0.550 e. The fraction of sp³-hybridized carbons (Fsp3) is 0.828. The fourth-order valence-corrected chi connectivity index (χ4v) is 3.81. The third-order valence-corrected chi connectivity index (χ3v) is 5.83. The van der Waals surface area contributed by atoms with Crippen LogP contribution < -0.4 is 24.0 Å². The Morgan fingerprint density at radius 2 is 0.844 bits per heavy atom. The molecule has 0 saturated carbocycles. The normalized spacial score (nSPS) is 9.91. The topological polar surface area (TPSA) is 40.1 Å². The zero-order valence-electron chi connectivity index (χ0n) is 21.6. The SMILES string of the molecule is CCCCCCCCCCCCCCCCC#CC#CCCCCCCCCC(=O)[O-].[Li+]. The second-order valence-electron chi connectivity index (χ2n) is 8.94. The molecule has 0 aliphatic heterocycles. The van der Waals surface area contributed by atoms with E-state index in [0.29, 0.717) is 0 Å². The summed E-state index contributed by atoms with van der Waals surface area (Å²) in [5, 5.41) is 10.3. The van der Waals surface area contributed by atoms with Crippen LogP contribution in [0.4, 0.5) is 0 Å². The molecule has 32 heavy (non-hydrogen) atoms. The van der Waals surface area contributed by atoms with Gasteiger partial charge in [-0.15, -0.1) is 0 Å². The second kappa shape index (κ2) is 30.2. The summed E-state index contributed by atoms with van der Waals surface area (Å²) in [4.78, 5) is 10.3. The number of carbonyl (C=O) groups is 1. The molecule has 0 atom stereocenters. The number of carboxylic acid groups (broad SMARTS) is 1. The summed E-state index contributed by atoms with van der Waals surface area (Å²) < 4.78 is 0. The molecule has 178 valence electrons. The summed E-state index contributed by atoms with van der Waals surface area (Å²) in [5.41, 5.74) is 0. The molecule has 0 fully saturated rings. The van der Waals surface area contributed by atoms with E-state index >= 15 is 0 Å². The maximum absolute atomic E-state index is 10.3. The molecule has 0 amide bonds. The van der Waals surface area contributed by atoms with Crippen molar-refractivity contribution >= 4 is 5.97 Å². The number of aliphatic carboxylic acids is 1. The summed E-state index contributed by atoms with van der Waals surface area (Å²) >= 11 is 0. The molecular formula is C29H49LiO2. The summed E-state index contributed by atoms with van der Waals surface area (Å²) in [6, 6.07) is 0. The second-order valence-corrected chi connectivity index (χ2v) is 8.94. The maximum atomic E-state index is 10.3. The van der Waals surface area contributed by atoms with Crippen molar-refractivity contribution in [3.8, 4) is 23.7 Å². The number of rotatable bonds is 22. The van der Waals surface area contributed by atoms with Crippen LogP contribution in [0.5, 0.6) is 0 Å². The van der Waals surface area contributed by atoms with Gasteiger partial charge >= 0.3 is 18.9 Å². The van der Waals surface area contributed by atoms with Crippen molar-refractivity contribution in [1.29, 1.82) is 0 Å². The summed E-state index contributed by atoms with van der Waals surface area (Å²) in [5.74, 6) is 11.4. The van der Waals surface area contributed by atoms with E-state index in [1.165, 1.54) is 103 Å². The zero-order valence-corrected chi connectivity index (χ0v) is 21.6. The van der Waals surface area contributed by atoms with Crippen LogP contribution in [0.3, 0.4) is 0 Å². The average molecular weight is 437 g/mol. The molecule has 0 aliphatic carbocycles. The fourth-order valence-electron chi connectivity index (χ4n) is 3.81. The van der Waals surface area contributed by atoms with Gasteiger partial charge in [0.2, 0.25) is 0 Å². The molecule has 0 aliphatic rings. The van der Waals surface area contributed by atoms with Crippen molar-refractivity contribution in [2.24, 2.45) is 0 Å². The molecular weight excluding hydrogens is 387 g/mol. The number of carbonyl (C=O) groups excluding carboxylic acids is 1. The summed E-state index contributed by atoms with van der Waals surface area (Å²) in [6.45, 7) is 2.28. The van der Waals surface area contributed by atoms with E-state index in [2.05, 4.69) is 30.6 Å². The van der Waals surface area contributed by atoms with E-state index in [1.807, 2.05) is 0 Å². The molecule has 3 heteroatoms. The number of unbranched alkanes of at least 4 members (excludes halogenated alkanes) is 20. The first-order valence-electron chi connectivity index (χ1n) is 13.4. The van der Waals surface area contributed by atoms with Gasteiger partial charge in [-0.2, -0.15) is 0 Å². The molecule has 0 N–H and O–H groups in total. The van der Waals surface area contributed by atoms with Crippen molar-refractivity contribution in [2.75, 3.05) is 0 Å². The van der Waals surface area contributed by atoms with Crippen molar-refractivity contribution in [2.45, 2.75) is 155 Å². The van der Waals surface area contributed by atoms with Gasteiger partial charge in [0.25, 0.3) is 0 Å². The van der Waals surface area contributed by atoms with E-state index in [1.54, 1.807) is 0 Å². The minimum atomic E-state index is -0.930. The summed E-state index contributed by atoms with van der Waals surface area (Å²) in [7, 11) is 0. The number of hydrogen-bond acceptors (Lipinski definition) is 2. The van der Waals surface area contributed by atoms with E-state index in [4.69, 9.17) is 0 Å². The monoisotopic (exact) mass is 436 g/mol. The molecule has 0 spiro atoms. The molecule has 0 unspecified atom stereocenters.